The van der Waals surface area contributed by atoms with Crippen LogP contribution < -0.4 is 5.43 Å². The summed E-state index contributed by atoms with van der Waals surface area (Å²) in [6.45, 7) is 1.83. The van der Waals surface area contributed by atoms with E-state index in [1.807, 2.05) is 6.92 Å². The summed E-state index contributed by atoms with van der Waals surface area (Å²) >= 11 is 0. The molecule has 2 N–H and O–H groups in total. The van der Waals surface area contributed by atoms with Crippen LogP contribution >= 0.6 is 0 Å². The van der Waals surface area contributed by atoms with E-state index in [1.54, 1.807) is 18.2 Å². The number of hydrogen-bond acceptors (Lipinski definition) is 7. The zero-order chi connectivity index (χ0) is 22.8. The van der Waals surface area contributed by atoms with Gasteiger partial charge in [0, 0.05) is 23.1 Å². The molecule has 1 amide bonds. The lowest BCUT2D eigenvalue weighted by atomic mass is 10.0. The number of nitrogens with zero attached hydrogens (tertiary/aromatic N) is 2. The zero-order valence-electron chi connectivity index (χ0n) is 16.6. The molecule has 0 fully saturated rings. The monoisotopic (exact) mass is 433 g/mol. The van der Waals surface area contributed by atoms with Crippen LogP contribution in [0.4, 0.5) is 5.69 Å². The molecule has 0 spiro atoms. The number of furan rings is 2. The molecular weight excluding hydrogens is 418 g/mol. The van der Waals surface area contributed by atoms with Crippen LogP contribution in [0.15, 0.2) is 68.5 Å². The lowest BCUT2D eigenvalue weighted by Crippen LogP contribution is -2.16. The van der Waals surface area contributed by atoms with Gasteiger partial charge in [0.05, 0.1) is 16.7 Å². The molecular formula is C22H15N3O7. The van der Waals surface area contributed by atoms with Crippen LogP contribution in [0.25, 0.3) is 22.3 Å². The fourth-order valence-electron chi connectivity index (χ4n) is 3.05. The van der Waals surface area contributed by atoms with E-state index in [0.717, 1.165) is 5.56 Å². The average molecular weight is 433 g/mol. The number of hydrogen-bond donors (Lipinski definition) is 2. The molecule has 2 heterocycles. The summed E-state index contributed by atoms with van der Waals surface area (Å²) in [4.78, 5) is 33.8. The van der Waals surface area contributed by atoms with Crippen molar-refractivity contribution in [2.75, 3.05) is 0 Å². The number of benzene rings is 2. The Kier molecular flexibility index (Phi) is 5.25. The number of rotatable bonds is 6. The van der Waals surface area contributed by atoms with Crippen molar-refractivity contribution in [3.63, 3.8) is 0 Å². The summed E-state index contributed by atoms with van der Waals surface area (Å²) in [6, 6.07) is 13.4. The molecule has 0 aliphatic carbocycles. The minimum atomic E-state index is -1.04. The van der Waals surface area contributed by atoms with E-state index in [0.29, 0.717) is 28.1 Å². The second-order valence-electron chi connectivity index (χ2n) is 6.83. The number of nitro benzene ring substituents is 1. The van der Waals surface area contributed by atoms with Crippen molar-refractivity contribution < 1.29 is 28.5 Å². The normalized spacial score (nSPS) is 11.2. The van der Waals surface area contributed by atoms with E-state index in [4.69, 9.17) is 13.9 Å². The summed E-state index contributed by atoms with van der Waals surface area (Å²) in [5.74, 6) is -0.948. The number of carboxylic acids is 1. The first-order valence-electron chi connectivity index (χ1n) is 9.27. The number of non-ortho nitro benzene ring substituents is 1. The maximum atomic E-state index is 12.3. The van der Waals surface area contributed by atoms with E-state index in [-0.39, 0.29) is 17.0 Å². The third kappa shape index (κ3) is 4.10. The van der Waals surface area contributed by atoms with Gasteiger partial charge in [0.2, 0.25) is 0 Å². The van der Waals surface area contributed by atoms with Gasteiger partial charge in [-0.3, -0.25) is 14.9 Å². The molecule has 0 saturated heterocycles. The summed E-state index contributed by atoms with van der Waals surface area (Å²) in [5.41, 5.74) is 4.13. The number of nitrogens with one attached hydrogen (secondary N) is 1. The highest BCUT2D eigenvalue weighted by molar-refractivity contribution is 5.97. The highest BCUT2D eigenvalue weighted by Crippen LogP contribution is 2.27. The molecule has 160 valence electrons. The van der Waals surface area contributed by atoms with Gasteiger partial charge in [-0.15, -0.1) is 0 Å². The van der Waals surface area contributed by atoms with Gasteiger partial charge < -0.3 is 13.9 Å². The minimum absolute atomic E-state index is 0.0566. The molecule has 32 heavy (non-hydrogen) atoms. The SMILES string of the molecule is Cc1ccc(C(=O)O)cc1-c1ccc(/C=N\NC(=O)c2cc3cc([N+](=O)[O-])ccc3o2)o1. The highest BCUT2D eigenvalue weighted by Gasteiger charge is 2.15. The lowest BCUT2D eigenvalue weighted by Gasteiger charge is -2.04. The van der Waals surface area contributed by atoms with Crippen LogP contribution in [-0.4, -0.2) is 28.1 Å². The third-order valence-electron chi connectivity index (χ3n) is 4.67. The van der Waals surface area contributed by atoms with Crippen molar-refractivity contribution >= 4 is 34.7 Å². The molecule has 2 aromatic heterocycles. The Morgan fingerprint density at radius 2 is 1.91 bits per heavy atom. The molecule has 10 heteroatoms. The largest absolute Gasteiger partial charge is 0.478 e. The Balaban J connectivity index is 1.47. The maximum absolute atomic E-state index is 12.3. The number of aryl methyl sites for hydroxylation is 1. The summed E-state index contributed by atoms with van der Waals surface area (Å²) in [5, 5.41) is 24.3. The first-order valence-corrected chi connectivity index (χ1v) is 9.27. The second kappa shape index (κ2) is 8.19. The zero-order valence-corrected chi connectivity index (χ0v) is 16.6. The molecule has 0 unspecified atom stereocenters. The van der Waals surface area contributed by atoms with Gasteiger partial charge in [-0.25, -0.2) is 10.2 Å². The molecule has 10 nitrogen and oxygen atoms in total. The predicted molar refractivity (Wildman–Crippen MR) is 114 cm³/mol. The van der Waals surface area contributed by atoms with Gasteiger partial charge in [-0.05, 0) is 48.9 Å². The van der Waals surface area contributed by atoms with Crippen molar-refractivity contribution in [1.29, 1.82) is 0 Å². The van der Waals surface area contributed by atoms with E-state index in [9.17, 15) is 19.7 Å². The number of hydrazone groups is 1. The number of carbonyl (C=O) groups is 2. The van der Waals surface area contributed by atoms with Crippen LogP contribution in [0.5, 0.6) is 0 Å². The van der Waals surface area contributed by atoms with Gasteiger partial charge in [0.25, 0.3) is 5.69 Å². The smallest absolute Gasteiger partial charge is 0.335 e. The number of fused-ring (bicyclic) bond motifs is 1. The van der Waals surface area contributed by atoms with Gasteiger partial charge >= 0.3 is 11.9 Å². The molecule has 0 saturated carbocycles. The van der Waals surface area contributed by atoms with E-state index in [1.165, 1.54) is 42.6 Å². The first-order chi connectivity index (χ1) is 15.3. The molecule has 4 rings (SSSR count). The van der Waals surface area contributed by atoms with Crippen molar-refractivity contribution in [2.45, 2.75) is 6.92 Å². The van der Waals surface area contributed by atoms with Crippen molar-refractivity contribution in [1.82, 2.24) is 5.43 Å². The van der Waals surface area contributed by atoms with Crippen molar-refractivity contribution in [3.8, 4) is 11.3 Å². The third-order valence-corrected chi connectivity index (χ3v) is 4.67. The summed E-state index contributed by atoms with van der Waals surface area (Å²) in [7, 11) is 0. The summed E-state index contributed by atoms with van der Waals surface area (Å²) < 4.78 is 11.1. The Labute approximate surface area is 179 Å². The lowest BCUT2D eigenvalue weighted by molar-refractivity contribution is -0.384. The molecule has 0 atom stereocenters. The number of nitro groups is 1. The van der Waals surface area contributed by atoms with Gasteiger partial charge in [-0.2, -0.15) is 5.10 Å². The Bertz CT molecular complexity index is 1400. The Morgan fingerprint density at radius 3 is 2.66 bits per heavy atom. The second-order valence-corrected chi connectivity index (χ2v) is 6.83. The molecule has 0 aliphatic rings. The highest BCUT2D eigenvalue weighted by atomic mass is 16.6. The number of amides is 1. The summed E-state index contributed by atoms with van der Waals surface area (Å²) in [6.07, 6.45) is 1.28. The molecule has 0 aliphatic heterocycles. The minimum Gasteiger partial charge on any atom is -0.478 e. The van der Waals surface area contributed by atoms with E-state index < -0.39 is 16.8 Å². The first kappa shape index (κ1) is 20.5. The van der Waals surface area contributed by atoms with Gasteiger partial charge in [0.15, 0.2) is 5.76 Å². The fourth-order valence-corrected chi connectivity index (χ4v) is 3.05. The Hall–Kier alpha value is -4.73. The van der Waals surface area contributed by atoms with E-state index >= 15 is 0 Å². The predicted octanol–water partition coefficient (Wildman–Crippen LogP) is 4.37. The number of carbonyl (C=O) groups excluding carboxylic acids is 1. The quantitative estimate of drug-likeness (QED) is 0.260. The van der Waals surface area contributed by atoms with Crippen LogP contribution in [0.1, 0.15) is 32.2 Å². The van der Waals surface area contributed by atoms with Crippen molar-refractivity contribution in [3.05, 3.63) is 87.4 Å². The molecule has 4 aromatic rings. The van der Waals surface area contributed by atoms with Crippen LogP contribution in [0, 0.1) is 17.0 Å². The van der Waals surface area contributed by atoms with Gasteiger partial charge in [0.1, 0.15) is 17.1 Å². The average Bonchev–Trinajstić information content (AvgIpc) is 3.40. The maximum Gasteiger partial charge on any atom is 0.335 e. The van der Waals surface area contributed by atoms with Crippen molar-refractivity contribution in [2.24, 2.45) is 5.10 Å². The number of aromatic carboxylic acids is 1. The Morgan fingerprint density at radius 1 is 1.09 bits per heavy atom. The van der Waals surface area contributed by atoms with Gasteiger partial charge in [-0.1, -0.05) is 6.07 Å². The fraction of sp³-hybridized carbons (Fsp3) is 0.0455. The standard InChI is InChI=1S/C22H15N3O7/c1-12-2-3-13(22(27)28)9-17(12)19-7-5-16(31-19)11-23-24-21(26)20-10-14-8-15(25(29)30)4-6-18(14)32-20/h2-11H,1H3,(H,24,26)(H,27,28)/b23-11-. The van der Waals surface area contributed by atoms with Crippen LogP contribution in [0.2, 0.25) is 0 Å². The van der Waals surface area contributed by atoms with Crippen LogP contribution in [0.3, 0.4) is 0 Å². The molecule has 0 radical (unpaired) electrons. The number of carboxylic acid groups (broad SMARTS) is 1. The van der Waals surface area contributed by atoms with E-state index in [2.05, 4.69) is 10.5 Å². The van der Waals surface area contributed by atoms with Crippen LogP contribution in [-0.2, 0) is 0 Å². The molecule has 0 bridgehead atoms. The topological polar surface area (TPSA) is 148 Å². The molecule has 2 aromatic carbocycles.